The van der Waals surface area contributed by atoms with Crippen LogP contribution in [0.25, 0.3) is 0 Å². The number of carbonyl (C=O) groups is 2. The van der Waals surface area contributed by atoms with Gasteiger partial charge in [0.15, 0.2) is 0 Å². The zero-order valence-corrected chi connectivity index (χ0v) is 15.4. The average molecular weight is 366 g/mol. The average Bonchev–Trinajstić information content (AvgIpc) is 3.03. The third-order valence-corrected chi connectivity index (χ3v) is 5.31. The maximum Gasteiger partial charge on any atom is 0.255 e. The van der Waals surface area contributed by atoms with E-state index < -0.39 is 0 Å². The van der Waals surface area contributed by atoms with E-state index in [2.05, 4.69) is 15.5 Å². The smallest absolute Gasteiger partial charge is 0.255 e. The summed E-state index contributed by atoms with van der Waals surface area (Å²) in [6.07, 6.45) is 4.42. The number of anilines is 1. The fourth-order valence-corrected chi connectivity index (χ4v) is 4.01. The van der Waals surface area contributed by atoms with Gasteiger partial charge in [0.25, 0.3) is 5.91 Å². The summed E-state index contributed by atoms with van der Waals surface area (Å²) in [7, 11) is 1.49. The second-order valence-corrected chi connectivity index (χ2v) is 7.15. The Hall–Kier alpha value is -1.79. The Labute approximate surface area is 152 Å². The first-order valence-electron chi connectivity index (χ1n) is 8.68. The SMILES string of the molecule is COc1cc(NC(C)=O)c(Cl)cc1C(=O)NC1CCN2CCCC2C1. The van der Waals surface area contributed by atoms with Crippen molar-refractivity contribution in [2.45, 2.75) is 44.7 Å². The molecule has 2 saturated heterocycles. The molecule has 1 aromatic carbocycles. The van der Waals surface area contributed by atoms with E-state index in [0.717, 1.165) is 19.4 Å². The number of piperidine rings is 1. The Balaban J connectivity index is 1.72. The summed E-state index contributed by atoms with van der Waals surface area (Å²) < 4.78 is 5.32. The molecule has 3 rings (SSSR count). The lowest BCUT2D eigenvalue weighted by molar-refractivity contribution is -0.114. The molecule has 0 spiro atoms. The van der Waals surface area contributed by atoms with Crippen molar-refractivity contribution in [1.29, 1.82) is 0 Å². The molecule has 2 unspecified atom stereocenters. The molecule has 2 aliphatic heterocycles. The molecule has 0 radical (unpaired) electrons. The van der Waals surface area contributed by atoms with Crippen LogP contribution in [-0.4, -0.2) is 49.0 Å². The molecule has 0 bridgehead atoms. The number of ether oxygens (including phenoxy) is 1. The van der Waals surface area contributed by atoms with Crippen LogP contribution in [0.4, 0.5) is 5.69 Å². The number of carbonyl (C=O) groups excluding carboxylic acids is 2. The van der Waals surface area contributed by atoms with Crippen molar-refractivity contribution < 1.29 is 14.3 Å². The summed E-state index contributed by atoms with van der Waals surface area (Å²) in [5, 5.41) is 6.06. The van der Waals surface area contributed by atoms with Crippen LogP contribution >= 0.6 is 11.6 Å². The molecule has 25 heavy (non-hydrogen) atoms. The predicted octanol–water partition coefficient (Wildman–Crippen LogP) is 2.66. The van der Waals surface area contributed by atoms with E-state index in [1.165, 1.54) is 33.4 Å². The molecule has 7 heteroatoms. The van der Waals surface area contributed by atoms with Gasteiger partial charge in [-0.25, -0.2) is 0 Å². The number of benzene rings is 1. The van der Waals surface area contributed by atoms with Crippen molar-refractivity contribution in [2.24, 2.45) is 0 Å². The number of amides is 2. The summed E-state index contributed by atoms with van der Waals surface area (Å²) in [4.78, 5) is 26.5. The summed E-state index contributed by atoms with van der Waals surface area (Å²) in [5.74, 6) is -0.0296. The van der Waals surface area contributed by atoms with Crippen molar-refractivity contribution in [3.8, 4) is 5.75 Å². The number of halogens is 1. The topological polar surface area (TPSA) is 70.7 Å². The Morgan fingerprint density at radius 1 is 1.28 bits per heavy atom. The van der Waals surface area contributed by atoms with Crippen molar-refractivity contribution in [3.63, 3.8) is 0 Å². The minimum Gasteiger partial charge on any atom is -0.496 e. The highest BCUT2D eigenvalue weighted by Crippen LogP contribution is 2.32. The molecular weight excluding hydrogens is 342 g/mol. The number of hydrogen-bond donors (Lipinski definition) is 2. The second kappa shape index (κ2) is 7.62. The molecule has 6 nitrogen and oxygen atoms in total. The Morgan fingerprint density at radius 3 is 2.80 bits per heavy atom. The molecule has 2 amide bonds. The first kappa shape index (κ1) is 18.0. The van der Waals surface area contributed by atoms with E-state index in [-0.39, 0.29) is 17.9 Å². The Bertz CT molecular complexity index is 680. The van der Waals surface area contributed by atoms with E-state index >= 15 is 0 Å². The lowest BCUT2D eigenvalue weighted by Crippen LogP contribution is -2.47. The van der Waals surface area contributed by atoms with Crippen molar-refractivity contribution in [3.05, 3.63) is 22.7 Å². The molecule has 0 aliphatic carbocycles. The molecule has 136 valence electrons. The Kier molecular flexibility index (Phi) is 5.49. The quantitative estimate of drug-likeness (QED) is 0.860. The van der Waals surface area contributed by atoms with Gasteiger partial charge in [0.05, 0.1) is 23.4 Å². The van der Waals surface area contributed by atoms with Crippen molar-refractivity contribution >= 4 is 29.1 Å². The minimum atomic E-state index is -0.232. The molecule has 2 atom stereocenters. The first-order valence-corrected chi connectivity index (χ1v) is 9.05. The van der Waals surface area contributed by atoms with Gasteiger partial charge in [0.2, 0.25) is 5.91 Å². The third kappa shape index (κ3) is 4.07. The van der Waals surface area contributed by atoms with E-state index in [1.54, 1.807) is 12.1 Å². The highest BCUT2D eigenvalue weighted by Gasteiger charge is 2.32. The van der Waals surface area contributed by atoms with Gasteiger partial charge in [-0.3, -0.25) is 9.59 Å². The molecule has 2 fully saturated rings. The fourth-order valence-electron chi connectivity index (χ4n) is 3.80. The van der Waals surface area contributed by atoms with Crippen LogP contribution in [0.15, 0.2) is 12.1 Å². The molecule has 2 aliphatic rings. The van der Waals surface area contributed by atoms with Crippen molar-refractivity contribution in [2.75, 3.05) is 25.5 Å². The van der Waals surface area contributed by atoms with Crippen LogP contribution < -0.4 is 15.4 Å². The van der Waals surface area contributed by atoms with E-state index in [0.29, 0.717) is 28.1 Å². The molecule has 0 aromatic heterocycles. The lowest BCUT2D eigenvalue weighted by Gasteiger charge is -2.35. The number of nitrogens with zero attached hydrogens (tertiary/aromatic N) is 1. The van der Waals surface area contributed by atoms with Gasteiger partial charge in [0, 0.05) is 31.6 Å². The van der Waals surface area contributed by atoms with Gasteiger partial charge in [-0.05, 0) is 38.3 Å². The first-order chi connectivity index (χ1) is 12.0. The van der Waals surface area contributed by atoms with Crippen LogP contribution in [0.3, 0.4) is 0 Å². The van der Waals surface area contributed by atoms with Crippen LogP contribution in [0.2, 0.25) is 5.02 Å². The zero-order chi connectivity index (χ0) is 18.0. The monoisotopic (exact) mass is 365 g/mol. The van der Waals surface area contributed by atoms with Gasteiger partial charge < -0.3 is 20.3 Å². The zero-order valence-electron chi connectivity index (χ0n) is 14.6. The minimum absolute atomic E-state index is 0.172. The van der Waals surface area contributed by atoms with Gasteiger partial charge in [-0.15, -0.1) is 0 Å². The number of fused-ring (bicyclic) bond motifs is 1. The van der Waals surface area contributed by atoms with Crippen LogP contribution in [0.5, 0.6) is 5.75 Å². The highest BCUT2D eigenvalue weighted by atomic mass is 35.5. The third-order valence-electron chi connectivity index (χ3n) is 5.00. The molecule has 1 aromatic rings. The van der Waals surface area contributed by atoms with E-state index in [9.17, 15) is 9.59 Å². The lowest BCUT2D eigenvalue weighted by atomic mass is 9.97. The number of methoxy groups -OCH3 is 1. The summed E-state index contributed by atoms with van der Waals surface area (Å²) in [6, 6.07) is 3.89. The molecule has 2 heterocycles. The maximum atomic E-state index is 12.7. The van der Waals surface area contributed by atoms with Crippen LogP contribution in [0.1, 0.15) is 43.0 Å². The van der Waals surface area contributed by atoms with E-state index in [1.807, 2.05) is 0 Å². The second-order valence-electron chi connectivity index (χ2n) is 6.74. The number of nitrogens with one attached hydrogen (secondary N) is 2. The van der Waals surface area contributed by atoms with Gasteiger partial charge in [0.1, 0.15) is 5.75 Å². The van der Waals surface area contributed by atoms with Crippen LogP contribution in [0, 0.1) is 0 Å². The standard InChI is InChI=1S/C18H24ClN3O3/c1-11(23)20-16-10-17(25-2)14(9-15(16)19)18(24)21-12-5-7-22-6-3-4-13(22)8-12/h9-10,12-13H,3-8H2,1-2H3,(H,20,23)(H,21,24). The molecule has 2 N–H and O–H groups in total. The van der Waals surface area contributed by atoms with Gasteiger partial charge >= 0.3 is 0 Å². The summed E-state index contributed by atoms with van der Waals surface area (Å²) in [6.45, 7) is 3.62. The largest absolute Gasteiger partial charge is 0.496 e. The number of rotatable bonds is 4. The highest BCUT2D eigenvalue weighted by molar-refractivity contribution is 6.34. The van der Waals surface area contributed by atoms with Gasteiger partial charge in [-0.2, -0.15) is 0 Å². The predicted molar refractivity (Wildman–Crippen MR) is 97.4 cm³/mol. The summed E-state index contributed by atoms with van der Waals surface area (Å²) >= 11 is 6.21. The summed E-state index contributed by atoms with van der Waals surface area (Å²) in [5.41, 5.74) is 0.817. The van der Waals surface area contributed by atoms with Gasteiger partial charge in [-0.1, -0.05) is 11.6 Å². The fraction of sp³-hybridized carbons (Fsp3) is 0.556. The number of hydrogen-bond acceptors (Lipinski definition) is 4. The van der Waals surface area contributed by atoms with E-state index in [4.69, 9.17) is 16.3 Å². The Morgan fingerprint density at radius 2 is 2.08 bits per heavy atom. The normalized spacial score (nSPS) is 23.0. The van der Waals surface area contributed by atoms with Crippen molar-refractivity contribution in [1.82, 2.24) is 10.2 Å². The van der Waals surface area contributed by atoms with Crippen LogP contribution in [-0.2, 0) is 4.79 Å². The molecular formula is C18H24ClN3O3. The molecule has 0 saturated carbocycles. The maximum absolute atomic E-state index is 12.7.